The summed E-state index contributed by atoms with van der Waals surface area (Å²) in [7, 11) is 0. The Hall–Kier alpha value is -2.29. The van der Waals surface area contributed by atoms with Crippen molar-refractivity contribution >= 4 is 22.9 Å². The smallest absolute Gasteiger partial charge is 0.253 e. The van der Waals surface area contributed by atoms with Gasteiger partial charge in [-0.3, -0.25) is 13.9 Å². The van der Waals surface area contributed by atoms with Crippen molar-refractivity contribution in [2.45, 2.75) is 18.4 Å². The first-order chi connectivity index (χ1) is 13.5. The number of carbonyl (C=O) groups excluding carboxylic acids is 1. The van der Waals surface area contributed by atoms with Gasteiger partial charge in [0.2, 0.25) is 0 Å². The highest BCUT2D eigenvalue weighted by Crippen LogP contribution is 2.51. The van der Waals surface area contributed by atoms with Crippen LogP contribution in [-0.2, 0) is 16.8 Å². The van der Waals surface area contributed by atoms with Gasteiger partial charge >= 0.3 is 0 Å². The van der Waals surface area contributed by atoms with E-state index in [1.807, 2.05) is 17.0 Å². The minimum Gasteiger partial charge on any atom is -0.755 e. The fourth-order valence-corrected chi connectivity index (χ4v) is 4.29. The van der Waals surface area contributed by atoms with Crippen LogP contribution in [0, 0.1) is 5.82 Å². The molecular formula is C20H21FN3O3S-. The largest absolute Gasteiger partial charge is 0.755 e. The van der Waals surface area contributed by atoms with Crippen LogP contribution in [0.2, 0.25) is 0 Å². The van der Waals surface area contributed by atoms with Crippen LogP contribution in [-0.4, -0.2) is 50.6 Å². The number of benzene rings is 2. The van der Waals surface area contributed by atoms with E-state index in [0.717, 1.165) is 31.5 Å². The van der Waals surface area contributed by atoms with Crippen molar-refractivity contribution in [3.63, 3.8) is 0 Å². The lowest BCUT2D eigenvalue weighted by Crippen LogP contribution is -2.52. The van der Waals surface area contributed by atoms with Crippen molar-refractivity contribution in [1.29, 1.82) is 0 Å². The second-order valence-electron chi connectivity index (χ2n) is 7.23. The molecular weight excluding hydrogens is 381 g/mol. The Morgan fingerprint density at radius 2 is 1.61 bits per heavy atom. The number of anilines is 1. The summed E-state index contributed by atoms with van der Waals surface area (Å²) in [6.45, 7) is 2.81. The van der Waals surface area contributed by atoms with Gasteiger partial charge in [0.1, 0.15) is 5.82 Å². The lowest BCUT2D eigenvalue weighted by molar-refractivity contribution is 0.0531. The fraction of sp³-hybridized carbons (Fsp3) is 0.350. The minimum absolute atomic E-state index is 0.00979. The summed E-state index contributed by atoms with van der Waals surface area (Å²) < 4.78 is 36.8. The first-order valence-electron chi connectivity index (χ1n) is 9.24. The average Bonchev–Trinajstić information content (AvgIpc) is 3.50. The molecule has 1 aliphatic carbocycles. The Labute approximate surface area is 165 Å². The molecule has 148 valence electrons. The highest BCUT2D eigenvalue weighted by Gasteiger charge is 2.50. The zero-order chi connectivity index (χ0) is 19.7. The van der Waals surface area contributed by atoms with Crippen LogP contribution >= 0.6 is 0 Å². The van der Waals surface area contributed by atoms with Gasteiger partial charge in [0.15, 0.2) is 0 Å². The van der Waals surface area contributed by atoms with E-state index < -0.39 is 11.3 Å². The van der Waals surface area contributed by atoms with Crippen LogP contribution in [0.5, 0.6) is 0 Å². The minimum atomic E-state index is -2.38. The molecule has 1 heterocycles. The van der Waals surface area contributed by atoms with Crippen LogP contribution < -0.4 is 4.72 Å². The predicted molar refractivity (Wildman–Crippen MR) is 104 cm³/mol. The molecule has 1 unspecified atom stereocenters. The maximum absolute atomic E-state index is 13.2. The van der Waals surface area contributed by atoms with Crippen LogP contribution in [0.3, 0.4) is 0 Å². The van der Waals surface area contributed by atoms with Gasteiger partial charge in [-0.25, -0.2) is 4.39 Å². The van der Waals surface area contributed by atoms with Gasteiger partial charge in [0.05, 0.1) is 0 Å². The van der Waals surface area contributed by atoms with Gasteiger partial charge in [-0.15, -0.1) is 0 Å². The van der Waals surface area contributed by atoms with Crippen molar-refractivity contribution in [2.24, 2.45) is 0 Å². The van der Waals surface area contributed by atoms with E-state index in [9.17, 15) is 17.9 Å². The molecule has 2 aliphatic rings. The van der Waals surface area contributed by atoms with Crippen molar-refractivity contribution in [3.05, 3.63) is 65.5 Å². The molecule has 2 aromatic rings. The summed E-state index contributed by atoms with van der Waals surface area (Å²) in [5, 5.41) is 0. The van der Waals surface area contributed by atoms with Crippen molar-refractivity contribution in [3.8, 4) is 0 Å². The molecule has 1 N–H and O–H groups in total. The van der Waals surface area contributed by atoms with Crippen molar-refractivity contribution in [2.75, 3.05) is 30.9 Å². The molecule has 1 saturated heterocycles. The van der Waals surface area contributed by atoms with E-state index >= 15 is 0 Å². The summed E-state index contributed by atoms with van der Waals surface area (Å²) in [5.74, 6) is -0.279. The molecule has 1 amide bonds. The highest BCUT2D eigenvalue weighted by molar-refractivity contribution is 7.80. The summed E-state index contributed by atoms with van der Waals surface area (Å²) in [4.78, 5) is 17.0. The fourth-order valence-electron chi connectivity index (χ4n) is 3.96. The molecule has 0 radical (unpaired) electrons. The SMILES string of the molecule is O=C(c1ccc(NS(=O)[O-])cc1)N1CCN(C2(c3ccc(F)cc3)CC2)CC1. The predicted octanol–water partition coefficient (Wildman–Crippen LogP) is 2.48. The summed E-state index contributed by atoms with van der Waals surface area (Å²) >= 11 is -2.38. The Morgan fingerprint density at radius 3 is 2.14 bits per heavy atom. The Bertz CT molecular complexity index is 877. The average molecular weight is 402 g/mol. The number of nitrogens with one attached hydrogen (secondary N) is 1. The number of amides is 1. The van der Waals surface area contributed by atoms with Gasteiger partial charge in [-0.2, -0.15) is 0 Å². The maximum Gasteiger partial charge on any atom is 0.253 e. The Balaban J connectivity index is 1.38. The van der Waals surface area contributed by atoms with E-state index in [2.05, 4.69) is 9.62 Å². The van der Waals surface area contributed by atoms with E-state index in [1.165, 1.54) is 12.1 Å². The highest BCUT2D eigenvalue weighted by atomic mass is 32.2. The van der Waals surface area contributed by atoms with Crippen LogP contribution in [0.1, 0.15) is 28.8 Å². The van der Waals surface area contributed by atoms with E-state index in [1.54, 1.807) is 24.3 Å². The molecule has 0 spiro atoms. The number of carbonyl (C=O) groups is 1. The van der Waals surface area contributed by atoms with Crippen LogP contribution in [0.15, 0.2) is 48.5 Å². The molecule has 2 aromatic carbocycles. The van der Waals surface area contributed by atoms with Gasteiger partial charge in [-0.05, 0) is 54.8 Å². The first-order valence-corrected chi connectivity index (χ1v) is 10.3. The van der Waals surface area contributed by atoms with Gasteiger partial charge in [-0.1, -0.05) is 12.1 Å². The quantitative estimate of drug-likeness (QED) is 0.780. The van der Waals surface area contributed by atoms with E-state index in [0.29, 0.717) is 24.3 Å². The van der Waals surface area contributed by atoms with Crippen molar-refractivity contribution in [1.82, 2.24) is 9.80 Å². The van der Waals surface area contributed by atoms with Crippen molar-refractivity contribution < 1.29 is 17.9 Å². The topological polar surface area (TPSA) is 75.7 Å². The number of nitrogens with zero attached hydrogens (tertiary/aromatic N) is 2. The number of halogens is 1. The lowest BCUT2D eigenvalue weighted by atomic mass is 10.0. The molecule has 0 bridgehead atoms. The number of hydrogen-bond acceptors (Lipinski definition) is 4. The molecule has 28 heavy (non-hydrogen) atoms. The number of piperazine rings is 1. The number of rotatable bonds is 5. The molecule has 6 nitrogen and oxygen atoms in total. The zero-order valence-corrected chi connectivity index (χ0v) is 16.1. The van der Waals surface area contributed by atoms with Gasteiger partial charge < -0.3 is 14.2 Å². The normalized spacial score (nSPS) is 19.9. The van der Waals surface area contributed by atoms with E-state index in [4.69, 9.17) is 0 Å². The first kappa shape index (κ1) is 19.0. The standard InChI is InChI=1S/C20H22FN3O3S/c21-17-5-3-16(4-6-17)20(9-10-20)24-13-11-23(12-14-24)19(25)15-1-7-18(8-2-15)22-28(26)27/h1-8,22H,9-14H2,(H,26,27)/p-1. The second kappa shape index (κ2) is 7.62. The number of hydrogen-bond donors (Lipinski definition) is 1. The van der Waals surface area contributed by atoms with E-state index in [-0.39, 0.29) is 17.3 Å². The van der Waals surface area contributed by atoms with Crippen LogP contribution in [0.4, 0.5) is 10.1 Å². The monoisotopic (exact) mass is 402 g/mol. The molecule has 8 heteroatoms. The second-order valence-corrected chi connectivity index (χ2v) is 7.91. The van der Waals surface area contributed by atoms with Crippen LogP contribution in [0.25, 0.3) is 0 Å². The van der Waals surface area contributed by atoms with Gasteiger partial charge in [0, 0.05) is 54.2 Å². The third-order valence-electron chi connectivity index (χ3n) is 5.61. The zero-order valence-electron chi connectivity index (χ0n) is 15.3. The van der Waals surface area contributed by atoms with Gasteiger partial charge in [0.25, 0.3) is 5.91 Å². The summed E-state index contributed by atoms with van der Waals surface area (Å²) in [5.41, 5.74) is 2.09. The Kier molecular flexibility index (Phi) is 5.18. The molecule has 4 rings (SSSR count). The Morgan fingerprint density at radius 1 is 1.00 bits per heavy atom. The molecule has 2 fully saturated rings. The third-order valence-corrected chi connectivity index (χ3v) is 6.01. The molecule has 1 saturated carbocycles. The molecule has 1 atom stereocenters. The lowest BCUT2D eigenvalue weighted by Gasteiger charge is -2.40. The molecule has 0 aromatic heterocycles. The molecule has 1 aliphatic heterocycles. The summed E-state index contributed by atoms with van der Waals surface area (Å²) in [6.07, 6.45) is 2.12. The maximum atomic E-state index is 13.2. The summed E-state index contributed by atoms with van der Waals surface area (Å²) in [6, 6.07) is 13.2. The third kappa shape index (κ3) is 3.80.